The number of anilines is 1. The molecule has 1 heterocycles. The number of nitrogens with zero attached hydrogens (tertiary/aromatic N) is 4. The zero-order chi connectivity index (χ0) is 15.1. The lowest BCUT2D eigenvalue weighted by atomic mass is 10.2. The molecule has 0 saturated carbocycles. The number of methoxy groups -OCH3 is 2. The van der Waals surface area contributed by atoms with E-state index < -0.39 is 0 Å². The lowest BCUT2D eigenvalue weighted by Gasteiger charge is -2.22. The highest BCUT2D eigenvalue weighted by molar-refractivity contribution is 5.34. The van der Waals surface area contributed by atoms with Crippen LogP contribution in [-0.4, -0.2) is 47.4 Å². The maximum Gasteiger partial charge on any atom is 0.324 e. The third kappa shape index (κ3) is 4.03. The fourth-order valence-corrected chi connectivity index (χ4v) is 1.83. The van der Waals surface area contributed by atoms with Crippen molar-refractivity contribution < 1.29 is 14.6 Å². The van der Waals surface area contributed by atoms with E-state index in [2.05, 4.69) is 15.0 Å². The number of aliphatic hydroxyl groups is 1. The molecule has 112 valence electrons. The Morgan fingerprint density at radius 2 is 1.62 bits per heavy atom. The number of hydrogen-bond donors (Lipinski definition) is 1. The van der Waals surface area contributed by atoms with Gasteiger partial charge >= 0.3 is 12.0 Å². The van der Waals surface area contributed by atoms with Crippen LogP contribution in [0, 0.1) is 0 Å². The van der Waals surface area contributed by atoms with Crippen LogP contribution in [0.2, 0.25) is 0 Å². The topological polar surface area (TPSA) is 80.6 Å². The van der Waals surface area contributed by atoms with Gasteiger partial charge < -0.3 is 19.5 Å². The molecule has 1 N–H and O–H groups in total. The molecule has 1 aromatic carbocycles. The Balaban J connectivity index is 2.28. The van der Waals surface area contributed by atoms with Gasteiger partial charge in [0.15, 0.2) is 0 Å². The monoisotopic (exact) mass is 290 g/mol. The summed E-state index contributed by atoms with van der Waals surface area (Å²) in [7, 11) is 2.96. The Bertz CT molecular complexity index is 543. The number of aliphatic hydroxyl groups excluding tert-OH is 1. The lowest BCUT2D eigenvalue weighted by molar-refractivity contribution is 0.299. The molecule has 0 amide bonds. The van der Waals surface area contributed by atoms with E-state index >= 15 is 0 Å². The van der Waals surface area contributed by atoms with E-state index in [1.807, 2.05) is 35.2 Å². The molecule has 2 aromatic rings. The highest BCUT2D eigenvalue weighted by Crippen LogP contribution is 2.17. The first kappa shape index (κ1) is 15.0. The minimum Gasteiger partial charge on any atom is -0.467 e. The number of aromatic nitrogens is 3. The SMILES string of the molecule is COc1nc(OC)nc(N(CCO)Cc2ccccc2)n1. The number of rotatable bonds is 7. The third-order valence-corrected chi connectivity index (χ3v) is 2.82. The number of ether oxygens (including phenoxy) is 2. The first-order valence-electron chi connectivity index (χ1n) is 6.50. The quantitative estimate of drug-likeness (QED) is 0.811. The molecule has 0 aliphatic carbocycles. The van der Waals surface area contributed by atoms with Gasteiger partial charge in [-0.3, -0.25) is 0 Å². The zero-order valence-corrected chi connectivity index (χ0v) is 12.1. The van der Waals surface area contributed by atoms with Crippen LogP contribution in [0.5, 0.6) is 12.0 Å². The summed E-state index contributed by atoms with van der Waals surface area (Å²) in [6.07, 6.45) is 0. The van der Waals surface area contributed by atoms with Crippen LogP contribution in [0.25, 0.3) is 0 Å². The van der Waals surface area contributed by atoms with Gasteiger partial charge in [0.25, 0.3) is 0 Å². The molecule has 0 radical (unpaired) electrons. The minimum atomic E-state index is -0.0108. The summed E-state index contributed by atoms with van der Waals surface area (Å²) >= 11 is 0. The van der Waals surface area contributed by atoms with Crippen molar-refractivity contribution >= 4 is 5.95 Å². The Kier molecular flexibility index (Phi) is 5.28. The van der Waals surface area contributed by atoms with Gasteiger partial charge in [-0.25, -0.2) is 0 Å². The normalized spacial score (nSPS) is 10.2. The Hall–Kier alpha value is -2.41. The smallest absolute Gasteiger partial charge is 0.324 e. The van der Waals surface area contributed by atoms with Crippen LogP contribution in [0.15, 0.2) is 30.3 Å². The van der Waals surface area contributed by atoms with E-state index in [0.717, 1.165) is 5.56 Å². The van der Waals surface area contributed by atoms with Crippen molar-refractivity contribution in [3.05, 3.63) is 35.9 Å². The Morgan fingerprint density at radius 3 is 2.14 bits per heavy atom. The predicted octanol–water partition coefficient (Wildman–Crippen LogP) is 0.888. The molecule has 0 aliphatic rings. The first-order chi connectivity index (χ1) is 10.3. The summed E-state index contributed by atoms with van der Waals surface area (Å²) in [4.78, 5) is 14.2. The zero-order valence-electron chi connectivity index (χ0n) is 12.1. The Morgan fingerprint density at radius 1 is 1.00 bits per heavy atom. The summed E-state index contributed by atoms with van der Waals surface area (Å²) in [5, 5.41) is 9.25. The second-order valence-corrected chi connectivity index (χ2v) is 4.24. The van der Waals surface area contributed by atoms with Crippen LogP contribution in [0.4, 0.5) is 5.95 Å². The molecule has 0 spiro atoms. The van der Waals surface area contributed by atoms with Gasteiger partial charge in [0.2, 0.25) is 5.95 Å². The van der Waals surface area contributed by atoms with Crippen LogP contribution < -0.4 is 14.4 Å². The molecule has 21 heavy (non-hydrogen) atoms. The second kappa shape index (κ2) is 7.39. The molecule has 0 fully saturated rings. The lowest BCUT2D eigenvalue weighted by Crippen LogP contribution is -2.28. The standard InChI is InChI=1S/C14H18N4O3/c1-20-13-15-12(16-14(17-13)21-2)18(8-9-19)10-11-6-4-3-5-7-11/h3-7,19H,8-10H2,1-2H3. The summed E-state index contributed by atoms with van der Waals surface area (Å²) in [5.74, 6) is 0.400. The van der Waals surface area contributed by atoms with Gasteiger partial charge in [-0.15, -0.1) is 4.98 Å². The van der Waals surface area contributed by atoms with Crippen molar-refractivity contribution in [3.8, 4) is 12.0 Å². The van der Waals surface area contributed by atoms with Gasteiger partial charge in [-0.2, -0.15) is 9.97 Å². The van der Waals surface area contributed by atoms with E-state index in [4.69, 9.17) is 9.47 Å². The second-order valence-electron chi connectivity index (χ2n) is 4.24. The Labute approximate surface area is 123 Å². The van der Waals surface area contributed by atoms with E-state index in [1.54, 1.807) is 0 Å². The van der Waals surface area contributed by atoms with Gasteiger partial charge in [0.05, 0.1) is 20.8 Å². The summed E-state index contributed by atoms with van der Waals surface area (Å²) in [5.41, 5.74) is 1.09. The van der Waals surface area contributed by atoms with Crippen molar-refractivity contribution in [1.29, 1.82) is 0 Å². The molecule has 0 unspecified atom stereocenters. The van der Waals surface area contributed by atoms with E-state index in [-0.39, 0.29) is 18.6 Å². The molecule has 0 atom stereocenters. The summed E-state index contributed by atoms with van der Waals surface area (Å²) in [6, 6.07) is 10.2. The molecule has 0 saturated heterocycles. The van der Waals surface area contributed by atoms with Crippen molar-refractivity contribution in [1.82, 2.24) is 15.0 Å². The van der Waals surface area contributed by atoms with Gasteiger partial charge in [-0.1, -0.05) is 30.3 Å². The van der Waals surface area contributed by atoms with Crippen molar-refractivity contribution in [2.45, 2.75) is 6.54 Å². The van der Waals surface area contributed by atoms with E-state index in [0.29, 0.717) is 19.0 Å². The maximum absolute atomic E-state index is 9.25. The maximum atomic E-state index is 9.25. The van der Waals surface area contributed by atoms with Gasteiger partial charge in [0, 0.05) is 13.1 Å². The third-order valence-electron chi connectivity index (χ3n) is 2.82. The molecule has 0 bridgehead atoms. The number of benzene rings is 1. The van der Waals surface area contributed by atoms with Crippen LogP contribution >= 0.6 is 0 Å². The molecule has 7 heteroatoms. The average molecular weight is 290 g/mol. The fourth-order valence-electron chi connectivity index (χ4n) is 1.83. The molecule has 7 nitrogen and oxygen atoms in total. The molecule has 0 aliphatic heterocycles. The highest BCUT2D eigenvalue weighted by atomic mass is 16.5. The van der Waals surface area contributed by atoms with Crippen LogP contribution in [0.3, 0.4) is 0 Å². The minimum absolute atomic E-state index is 0.0108. The highest BCUT2D eigenvalue weighted by Gasteiger charge is 2.14. The molecule has 1 aromatic heterocycles. The van der Waals surface area contributed by atoms with E-state index in [1.165, 1.54) is 14.2 Å². The van der Waals surface area contributed by atoms with Gasteiger partial charge in [0.1, 0.15) is 0 Å². The van der Waals surface area contributed by atoms with E-state index in [9.17, 15) is 5.11 Å². The molecular weight excluding hydrogens is 272 g/mol. The average Bonchev–Trinajstić information content (AvgIpc) is 2.55. The van der Waals surface area contributed by atoms with Crippen LogP contribution in [-0.2, 0) is 6.54 Å². The first-order valence-corrected chi connectivity index (χ1v) is 6.50. The number of hydrogen-bond acceptors (Lipinski definition) is 7. The van der Waals surface area contributed by atoms with Crippen LogP contribution in [0.1, 0.15) is 5.56 Å². The van der Waals surface area contributed by atoms with Crippen molar-refractivity contribution in [3.63, 3.8) is 0 Å². The largest absolute Gasteiger partial charge is 0.467 e. The predicted molar refractivity (Wildman–Crippen MR) is 77.5 cm³/mol. The van der Waals surface area contributed by atoms with Crippen molar-refractivity contribution in [2.75, 3.05) is 32.3 Å². The molecular formula is C14H18N4O3. The van der Waals surface area contributed by atoms with Gasteiger partial charge in [-0.05, 0) is 5.56 Å². The fraction of sp³-hybridized carbons (Fsp3) is 0.357. The van der Waals surface area contributed by atoms with Crippen molar-refractivity contribution in [2.24, 2.45) is 0 Å². The summed E-state index contributed by atoms with van der Waals surface area (Å²) in [6.45, 7) is 0.950. The molecule has 2 rings (SSSR count). The summed E-state index contributed by atoms with van der Waals surface area (Å²) < 4.78 is 10.1.